The first-order valence-corrected chi connectivity index (χ1v) is 9.31. The largest absolute Gasteiger partial charge is 0.347 e. The van der Waals surface area contributed by atoms with Crippen LogP contribution in [0.15, 0.2) is 29.4 Å². The van der Waals surface area contributed by atoms with Crippen molar-refractivity contribution in [1.82, 2.24) is 15.1 Å². The van der Waals surface area contributed by atoms with Gasteiger partial charge in [0, 0.05) is 6.54 Å². The summed E-state index contributed by atoms with van der Waals surface area (Å²) < 4.78 is 1.85. The van der Waals surface area contributed by atoms with Crippen LogP contribution in [0, 0.1) is 0 Å². The molecule has 1 N–H and O–H groups in total. The molecule has 0 saturated carbocycles. The van der Waals surface area contributed by atoms with Crippen LogP contribution < -0.4 is 5.32 Å². The first-order chi connectivity index (χ1) is 11.6. The third-order valence-corrected chi connectivity index (χ3v) is 3.94. The number of carbonyl (C=O) groups excluding carboxylic acids is 1. The van der Waals surface area contributed by atoms with Crippen LogP contribution in [0.25, 0.3) is 0 Å². The topological polar surface area (TPSA) is 46.9 Å². The van der Waals surface area contributed by atoms with Crippen LogP contribution >= 0.6 is 0 Å². The molecule has 4 heteroatoms. The number of aryl methyl sites for hydroxylation is 1. The van der Waals surface area contributed by atoms with Gasteiger partial charge in [0.15, 0.2) is 0 Å². The predicted octanol–water partition coefficient (Wildman–Crippen LogP) is 5.01. The highest BCUT2D eigenvalue weighted by molar-refractivity contribution is 5.92. The molecule has 140 valence electrons. The zero-order valence-electron chi connectivity index (χ0n) is 17.1. The Morgan fingerprint density at radius 3 is 2.48 bits per heavy atom. The summed E-state index contributed by atoms with van der Waals surface area (Å²) >= 11 is 0. The zero-order valence-corrected chi connectivity index (χ0v) is 17.1. The van der Waals surface area contributed by atoms with Gasteiger partial charge in [-0.15, -0.1) is 0 Å². The van der Waals surface area contributed by atoms with E-state index in [4.69, 9.17) is 0 Å². The zero-order chi connectivity index (χ0) is 19.0. The van der Waals surface area contributed by atoms with E-state index in [9.17, 15) is 4.79 Å². The molecule has 4 nitrogen and oxygen atoms in total. The summed E-state index contributed by atoms with van der Waals surface area (Å²) in [6, 6.07) is 1.93. The van der Waals surface area contributed by atoms with Crippen molar-refractivity contribution in [3.63, 3.8) is 0 Å². The lowest BCUT2D eigenvalue weighted by atomic mass is 10.1. The maximum atomic E-state index is 12.6. The number of hydrogen-bond donors (Lipinski definition) is 1. The van der Waals surface area contributed by atoms with Gasteiger partial charge in [0.1, 0.15) is 5.69 Å². The Balaban J connectivity index is 2.72. The number of nitrogens with one attached hydrogen (secondary N) is 1. The van der Waals surface area contributed by atoms with Crippen molar-refractivity contribution in [2.45, 2.75) is 79.7 Å². The van der Waals surface area contributed by atoms with Gasteiger partial charge in [0.05, 0.1) is 11.2 Å². The van der Waals surface area contributed by atoms with E-state index in [1.165, 1.54) is 11.1 Å². The Kier molecular flexibility index (Phi) is 8.14. The van der Waals surface area contributed by atoms with Crippen LogP contribution in [0.5, 0.6) is 0 Å². The Morgan fingerprint density at radius 2 is 1.92 bits per heavy atom. The van der Waals surface area contributed by atoms with Crippen molar-refractivity contribution in [1.29, 1.82) is 0 Å². The maximum absolute atomic E-state index is 12.6. The molecule has 0 fully saturated rings. The molecule has 0 aliphatic carbocycles. The number of allylic oxidation sites excluding steroid dienone is 3. The van der Waals surface area contributed by atoms with Gasteiger partial charge in [-0.25, -0.2) is 0 Å². The van der Waals surface area contributed by atoms with Gasteiger partial charge >= 0.3 is 0 Å². The normalized spacial score (nSPS) is 12.2. The van der Waals surface area contributed by atoms with Crippen molar-refractivity contribution >= 4 is 5.91 Å². The van der Waals surface area contributed by atoms with Crippen molar-refractivity contribution in [2.24, 2.45) is 0 Å². The van der Waals surface area contributed by atoms with E-state index in [1.807, 2.05) is 10.7 Å². The van der Waals surface area contributed by atoms with Crippen LogP contribution in [0.1, 0.15) is 83.9 Å². The molecule has 0 aliphatic heterocycles. The van der Waals surface area contributed by atoms with Crippen molar-refractivity contribution in [2.75, 3.05) is 6.54 Å². The molecule has 25 heavy (non-hydrogen) atoms. The number of carbonyl (C=O) groups is 1. The number of hydrogen-bond acceptors (Lipinski definition) is 2. The molecule has 0 aliphatic rings. The third kappa shape index (κ3) is 7.29. The van der Waals surface area contributed by atoms with E-state index in [0.717, 1.165) is 31.4 Å². The standard InChI is InChI=1S/C21H35N3O/c1-8-10-18-15-19(24(23-18)21(5,6)7)20(25)22-14-13-17(4)12-9-11-16(2)3/h11,13,15H,8-10,12,14H2,1-7H3,(H,22,25)/b17-13+. The second-order valence-corrected chi connectivity index (χ2v) is 7.93. The number of rotatable bonds is 8. The first kappa shape index (κ1) is 21.2. The number of amides is 1. The van der Waals surface area contributed by atoms with Gasteiger partial charge in [-0.2, -0.15) is 5.10 Å². The van der Waals surface area contributed by atoms with E-state index in [1.54, 1.807) is 0 Å². The molecule has 1 amide bonds. The minimum Gasteiger partial charge on any atom is -0.347 e. The summed E-state index contributed by atoms with van der Waals surface area (Å²) in [7, 11) is 0. The van der Waals surface area contributed by atoms with E-state index < -0.39 is 0 Å². The van der Waals surface area contributed by atoms with Crippen LogP contribution in [-0.4, -0.2) is 22.2 Å². The molecule has 0 bridgehead atoms. The van der Waals surface area contributed by atoms with Gasteiger partial charge in [-0.1, -0.05) is 36.6 Å². The first-order valence-electron chi connectivity index (χ1n) is 9.31. The highest BCUT2D eigenvalue weighted by atomic mass is 16.2. The Labute approximate surface area is 153 Å². The molecule has 0 unspecified atom stereocenters. The van der Waals surface area contributed by atoms with Crippen molar-refractivity contribution < 1.29 is 4.79 Å². The fraction of sp³-hybridized carbons (Fsp3) is 0.619. The molecule has 1 heterocycles. The monoisotopic (exact) mass is 345 g/mol. The average Bonchev–Trinajstić information content (AvgIpc) is 2.91. The lowest BCUT2D eigenvalue weighted by molar-refractivity contribution is 0.0939. The minimum absolute atomic E-state index is 0.0573. The van der Waals surface area contributed by atoms with Gasteiger partial charge < -0.3 is 5.32 Å². The van der Waals surface area contributed by atoms with E-state index in [0.29, 0.717) is 12.2 Å². The molecule has 1 rings (SSSR count). The van der Waals surface area contributed by atoms with Crippen LogP contribution in [0.4, 0.5) is 0 Å². The number of aromatic nitrogens is 2. The van der Waals surface area contributed by atoms with Gasteiger partial charge in [-0.05, 0) is 66.9 Å². The summed E-state index contributed by atoms with van der Waals surface area (Å²) in [5.41, 5.74) is 4.06. The molecule has 0 saturated heterocycles. The summed E-state index contributed by atoms with van der Waals surface area (Å²) in [5.74, 6) is -0.0573. The lowest BCUT2D eigenvalue weighted by Crippen LogP contribution is -2.32. The van der Waals surface area contributed by atoms with Crippen LogP contribution in [0.2, 0.25) is 0 Å². The SMILES string of the molecule is CCCc1cc(C(=O)NC/C=C(\C)CCC=C(C)C)n(C(C)(C)C)n1. The summed E-state index contributed by atoms with van der Waals surface area (Å²) in [5, 5.41) is 7.63. The van der Waals surface area contributed by atoms with Gasteiger partial charge in [0.2, 0.25) is 0 Å². The van der Waals surface area contributed by atoms with Gasteiger partial charge in [0.25, 0.3) is 5.91 Å². The predicted molar refractivity (Wildman–Crippen MR) is 106 cm³/mol. The lowest BCUT2D eigenvalue weighted by Gasteiger charge is -2.22. The smallest absolute Gasteiger partial charge is 0.269 e. The molecule has 1 aromatic heterocycles. The van der Waals surface area contributed by atoms with E-state index >= 15 is 0 Å². The Bertz CT molecular complexity index is 626. The third-order valence-electron chi connectivity index (χ3n) is 3.94. The van der Waals surface area contributed by atoms with Crippen molar-refractivity contribution in [3.8, 4) is 0 Å². The second kappa shape index (κ2) is 9.59. The summed E-state index contributed by atoms with van der Waals surface area (Å²) in [6.45, 7) is 15.2. The fourth-order valence-electron chi connectivity index (χ4n) is 2.58. The second-order valence-electron chi connectivity index (χ2n) is 7.93. The molecular formula is C21H35N3O. The highest BCUT2D eigenvalue weighted by Crippen LogP contribution is 2.18. The minimum atomic E-state index is -0.214. The molecule has 0 radical (unpaired) electrons. The van der Waals surface area contributed by atoms with E-state index in [-0.39, 0.29) is 11.4 Å². The molecule has 1 aromatic rings. The molecular weight excluding hydrogens is 310 g/mol. The Morgan fingerprint density at radius 1 is 1.24 bits per heavy atom. The fourth-order valence-corrected chi connectivity index (χ4v) is 2.58. The molecule has 0 spiro atoms. The molecule has 0 atom stereocenters. The maximum Gasteiger partial charge on any atom is 0.269 e. The summed E-state index contributed by atoms with van der Waals surface area (Å²) in [4.78, 5) is 12.6. The number of nitrogens with zero attached hydrogens (tertiary/aromatic N) is 2. The van der Waals surface area contributed by atoms with Gasteiger partial charge in [-0.3, -0.25) is 9.48 Å². The highest BCUT2D eigenvalue weighted by Gasteiger charge is 2.23. The quantitative estimate of drug-likeness (QED) is 0.673. The van der Waals surface area contributed by atoms with E-state index in [2.05, 4.69) is 71.0 Å². The molecule has 0 aromatic carbocycles. The average molecular weight is 346 g/mol. The summed E-state index contributed by atoms with van der Waals surface area (Å²) in [6.07, 6.45) is 8.34. The van der Waals surface area contributed by atoms with Crippen LogP contribution in [0.3, 0.4) is 0 Å². The van der Waals surface area contributed by atoms with Crippen LogP contribution in [-0.2, 0) is 12.0 Å². The Hall–Kier alpha value is -1.84. The van der Waals surface area contributed by atoms with Crippen molar-refractivity contribution in [3.05, 3.63) is 40.8 Å².